The summed E-state index contributed by atoms with van der Waals surface area (Å²) in [5.41, 5.74) is 0.390. The van der Waals surface area contributed by atoms with E-state index in [9.17, 15) is 18.8 Å². The SMILES string of the molecule is COC(=O)c1ccccc1NC(=O)CC(=O)Nc1ccccc1F. The molecule has 2 N–H and O–H groups in total. The first-order valence-corrected chi connectivity index (χ1v) is 7.03. The molecule has 2 aromatic carbocycles. The van der Waals surface area contributed by atoms with E-state index in [0.717, 1.165) is 0 Å². The Balaban J connectivity index is 2.00. The molecule has 24 heavy (non-hydrogen) atoms. The Morgan fingerprint density at radius 2 is 1.46 bits per heavy atom. The van der Waals surface area contributed by atoms with E-state index in [4.69, 9.17) is 0 Å². The molecule has 2 aromatic rings. The zero-order valence-corrected chi connectivity index (χ0v) is 12.8. The third-order valence-corrected chi connectivity index (χ3v) is 3.08. The van der Waals surface area contributed by atoms with Gasteiger partial charge in [-0.05, 0) is 24.3 Å². The van der Waals surface area contributed by atoms with E-state index in [0.29, 0.717) is 0 Å². The first-order chi connectivity index (χ1) is 11.5. The zero-order valence-electron chi connectivity index (χ0n) is 12.8. The number of methoxy groups -OCH3 is 1. The molecule has 0 aromatic heterocycles. The third-order valence-electron chi connectivity index (χ3n) is 3.08. The summed E-state index contributed by atoms with van der Waals surface area (Å²) in [7, 11) is 1.22. The lowest BCUT2D eigenvalue weighted by Gasteiger charge is -2.10. The number of amides is 2. The van der Waals surface area contributed by atoms with Gasteiger partial charge in [0.15, 0.2) is 0 Å². The standard InChI is InChI=1S/C17H15FN2O4/c1-24-17(23)11-6-2-4-8-13(11)19-15(21)10-16(22)20-14-9-5-3-7-12(14)18/h2-9H,10H2,1H3,(H,19,21)(H,20,22). The van der Waals surface area contributed by atoms with Crippen molar-refractivity contribution in [2.24, 2.45) is 0 Å². The van der Waals surface area contributed by atoms with Gasteiger partial charge in [-0.15, -0.1) is 0 Å². The maximum absolute atomic E-state index is 13.4. The molecule has 6 nitrogen and oxygen atoms in total. The smallest absolute Gasteiger partial charge is 0.339 e. The van der Waals surface area contributed by atoms with Crippen LogP contribution in [0, 0.1) is 5.82 Å². The molecule has 7 heteroatoms. The van der Waals surface area contributed by atoms with Gasteiger partial charge in [-0.3, -0.25) is 9.59 Å². The Bertz CT molecular complexity index is 777. The second-order valence-corrected chi connectivity index (χ2v) is 4.79. The molecular weight excluding hydrogens is 315 g/mol. The molecule has 0 aliphatic heterocycles. The molecule has 0 saturated carbocycles. The van der Waals surface area contributed by atoms with Gasteiger partial charge in [0.2, 0.25) is 11.8 Å². The number of anilines is 2. The molecule has 0 aliphatic rings. The number of esters is 1. The lowest BCUT2D eigenvalue weighted by Crippen LogP contribution is -2.22. The van der Waals surface area contributed by atoms with Crippen molar-refractivity contribution in [3.8, 4) is 0 Å². The molecule has 0 radical (unpaired) electrons. The van der Waals surface area contributed by atoms with Gasteiger partial charge < -0.3 is 15.4 Å². The van der Waals surface area contributed by atoms with Crippen LogP contribution in [-0.2, 0) is 14.3 Å². The van der Waals surface area contributed by atoms with Crippen molar-refractivity contribution >= 4 is 29.2 Å². The predicted octanol–water partition coefficient (Wildman–Crippen LogP) is 2.58. The van der Waals surface area contributed by atoms with Crippen LogP contribution in [-0.4, -0.2) is 24.9 Å². The molecule has 0 fully saturated rings. The molecule has 2 amide bonds. The molecule has 0 aliphatic carbocycles. The van der Waals surface area contributed by atoms with E-state index in [1.807, 2.05) is 0 Å². The van der Waals surface area contributed by atoms with E-state index < -0.39 is 30.0 Å². The normalized spacial score (nSPS) is 9.92. The molecule has 0 saturated heterocycles. The summed E-state index contributed by atoms with van der Waals surface area (Å²) >= 11 is 0. The number of halogens is 1. The third kappa shape index (κ3) is 4.39. The van der Waals surface area contributed by atoms with Crippen LogP contribution in [0.25, 0.3) is 0 Å². The van der Waals surface area contributed by atoms with E-state index in [1.165, 1.54) is 37.4 Å². The van der Waals surface area contributed by atoms with Crippen molar-refractivity contribution < 1.29 is 23.5 Å². The Hall–Kier alpha value is -3.22. The summed E-state index contributed by atoms with van der Waals surface area (Å²) in [6.07, 6.45) is -0.524. The minimum Gasteiger partial charge on any atom is -0.465 e. The van der Waals surface area contributed by atoms with Crippen LogP contribution in [0.15, 0.2) is 48.5 Å². The summed E-state index contributed by atoms with van der Waals surface area (Å²) in [5, 5.41) is 4.77. The zero-order chi connectivity index (χ0) is 17.5. The summed E-state index contributed by atoms with van der Waals surface area (Å²) in [4.78, 5) is 35.4. The minimum atomic E-state index is -0.673. The van der Waals surface area contributed by atoms with Crippen molar-refractivity contribution in [2.75, 3.05) is 17.7 Å². The van der Waals surface area contributed by atoms with Gasteiger partial charge in [0, 0.05) is 0 Å². The van der Waals surface area contributed by atoms with Crippen LogP contribution < -0.4 is 10.6 Å². The van der Waals surface area contributed by atoms with Gasteiger partial charge in [0.05, 0.1) is 24.0 Å². The number of carbonyl (C=O) groups is 3. The first kappa shape index (κ1) is 17.1. The minimum absolute atomic E-state index is 0.00902. The maximum atomic E-state index is 13.4. The second kappa shape index (κ2) is 7.87. The Labute approximate surface area is 137 Å². The molecule has 0 spiro atoms. The second-order valence-electron chi connectivity index (χ2n) is 4.79. The molecule has 0 atom stereocenters. The Morgan fingerprint density at radius 1 is 0.917 bits per heavy atom. The molecule has 0 bridgehead atoms. The highest BCUT2D eigenvalue weighted by atomic mass is 19.1. The average Bonchev–Trinajstić information content (AvgIpc) is 2.56. The van der Waals surface area contributed by atoms with Crippen LogP contribution in [0.5, 0.6) is 0 Å². The number of ether oxygens (including phenoxy) is 1. The molecule has 0 heterocycles. The topological polar surface area (TPSA) is 84.5 Å². The lowest BCUT2D eigenvalue weighted by molar-refractivity contribution is -0.123. The van der Waals surface area contributed by atoms with Crippen molar-refractivity contribution in [1.82, 2.24) is 0 Å². The van der Waals surface area contributed by atoms with Crippen LogP contribution in [0.1, 0.15) is 16.8 Å². The first-order valence-electron chi connectivity index (χ1n) is 7.03. The van der Waals surface area contributed by atoms with Crippen molar-refractivity contribution in [3.63, 3.8) is 0 Å². The summed E-state index contributed by atoms with van der Waals surface area (Å²) in [6.45, 7) is 0. The van der Waals surface area contributed by atoms with Gasteiger partial charge >= 0.3 is 5.97 Å². The fourth-order valence-electron chi connectivity index (χ4n) is 1.98. The number of carbonyl (C=O) groups excluding carboxylic acids is 3. The number of nitrogens with one attached hydrogen (secondary N) is 2. The largest absolute Gasteiger partial charge is 0.465 e. The highest BCUT2D eigenvalue weighted by Crippen LogP contribution is 2.17. The van der Waals surface area contributed by atoms with Crippen molar-refractivity contribution in [2.45, 2.75) is 6.42 Å². The quantitative estimate of drug-likeness (QED) is 0.652. The van der Waals surface area contributed by atoms with Crippen molar-refractivity contribution in [3.05, 3.63) is 59.9 Å². The van der Waals surface area contributed by atoms with Crippen LogP contribution in [0.2, 0.25) is 0 Å². The van der Waals surface area contributed by atoms with Crippen LogP contribution >= 0.6 is 0 Å². The lowest BCUT2D eigenvalue weighted by atomic mass is 10.1. The average molecular weight is 330 g/mol. The van der Waals surface area contributed by atoms with Gasteiger partial charge in [-0.2, -0.15) is 0 Å². The van der Waals surface area contributed by atoms with Gasteiger partial charge in [-0.25, -0.2) is 9.18 Å². The Morgan fingerprint density at radius 3 is 2.08 bits per heavy atom. The Kier molecular flexibility index (Phi) is 5.62. The fraction of sp³-hybridized carbons (Fsp3) is 0.118. The highest BCUT2D eigenvalue weighted by molar-refractivity contribution is 6.09. The summed E-state index contributed by atoms with van der Waals surface area (Å²) in [5.74, 6) is -2.52. The van der Waals surface area contributed by atoms with Gasteiger partial charge in [-0.1, -0.05) is 24.3 Å². The number of hydrogen-bond donors (Lipinski definition) is 2. The maximum Gasteiger partial charge on any atom is 0.339 e. The number of hydrogen-bond acceptors (Lipinski definition) is 4. The molecule has 2 rings (SSSR count). The molecule has 124 valence electrons. The summed E-state index contributed by atoms with van der Waals surface area (Å²) < 4.78 is 18.1. The number of para-hydroxylation sites is 2. The van der Waals surface area contributed by atoms with E-state index in [2.05, 4.69) is 15.4 Å². The monoisotopic (exact) mass is 330 g/mol. The summed E-state index contributed by atoms with van der Waals surface area (Å²) in [6, 6.07) is 11.9. The van der Waals surface area contributed by atoms with Gasteiger partial charge in [0.25, 0.3) is 0 Å². The number of benzene rings is 2. The predicted molar refractivity (Wildman–Crippen MR) is 86.1 cm³/mol. The highest BCUT2D eigenvalue weighted by Gasteiger charge is 2.16. The van der Waals surface area contributed by atoms with E-state index in [1.54, 1.807) is 18.2 Å². The van der Waals surface area contributed by atoms with Crippen LogP contribution in [0.4, 0.5) is 15.8 Å². The van der Waals surface area contributed by atoms with Crippen molar-refractivity contribution in [1.29, 1.82) is 0 Å². The molecule has 0 unspecified atom stereocenters. The fourth-order valence-corrected chi connectivity index (χ4v) is 1.98. The van der Waals surface area contributed by atoms with E-state index >= 15 is 0 Å². The molecular formula is C17H15FN2O4. The van der Waals surface area contributed by atoms with Gasteiger partial charge in [0.1, 0.15) is 12.2 Å². The number of rotatable bonds is 5. The van der Waals surface area contributed by atoms with Crippen LogP contribution in [0.3, 0.4) is 0 Å². The van der Waals surface area contributed by atoms with E-state index in [-0.39, 0.29) is 16.9 Å².